The number of anilines is 1. The molecular formula is C27H28F2N2. The van der Waals surface area contributed by atoms with Gasteiger partial charge in [-0.05, 0) is 49.5 Å². The van der Waals surface area contributed by atoms with Crippen molar-refractivity contribution in [3.63, 3.8) is 0 Å². The van der Waals surface area contributed by atoms with Crippen molar-refractivity contribution in [2.24, 2.45) is 0 Å². The van der Waals surface area contributed by atoms with E-state index in [0.29, 0.717) is 5.56 Å². The number of hydrogen-bond acceptors (Lipinski definition) is 1. The second kappa shape index (κ2) is 8.18. The summed E-state index contributed by atoms with van der Waals surface area (Å²) in [6.07, 6.45) is 1.64. The average molecular weight is 419 g/mol. The van der Waals surface area contributed by atoms with Crippen LogP contribution in [-0.4, -0.2) is 11.6 Å². The zero-order chi connectivity index (χ0) is 22.3. The van der Waals surface area contributed by atoms with Gasteiger partial charge in [0.25, 0.3) is 0 Å². The van der Waals surface area contributed by atoms with Crippen molar-refractivity contribution in [2.45, 2.75) is 39.2 Å². The van der Waals surface area contributed by atoms with E-state index < -0.39 is 11.6 Å². The Bertz CT molecular complexity index is 1160. The van der Waals surface area contributed by atoms with Gasteiger partial charge in [-0.2, -0.15) is 0 Å². The molecule has 4 rings (SSSR count). The summed E-state index contributed by atoms with van der Waals surface area (Å²) in [7, 11) is 1.98. The largest absolute Gasteiger partial charge is 0.347 e. The Morgan fingerprint density at radius 3 is 2.39 bits per heavy atom. The van der Waals surface area contributed by atoms with Gasteiger partial charge < -0.3 is 9.47 Å². The Kier molecular flexibility index (Phi) is 5.57. The summed E-state index contributed by atoms with van der Waals surface area (Å²) in [5, 5.41) is 0. The number of aromatic nitrogens is 1. The zero-order valence-corrected chi connectivity index (χ0v) is 18.4. The number of rotatable bonds is 5. The van der Waals surface area contributed by atoms with Crippen LogP contribution in [0.3, 0.4) is 0 Å². The lowest BCUT2D eigenvalue weighted by Crippen LogP contribution is -2.22. The third-order valence-corrected chi connectivity index (χ3v) is 6.22. The second-order valence-electron chi connectivity index (χ2n) is 8.39. The van der Waals surface area contributed by atoms with E-state index in [0.717, 1.165) is 58.9 Å². The minimum absolute atomic E-state index is 0.253. The van der Waals surface area contributed by atoms with Crippen LogP contribution in [0.4, 0.5) is 14.5 Å². The third kappa shape index (κ3) is 3.50. The fourth-order valence-electron chi connectivity index (χ4n) is 4.72. The number of allylic oxidation sites excluding steroid dienone is 2. The van der Waals surface area contributed by atoms with Crippen molar-refractivity contribution in [1.29, 1.82) is 0 Å². The first-order valence-corrected chi connectivity index (χ1v) is 10.6. The highest BCUT2D eigenvalue weighted by molar-refractivity contribution is 5.90. The molecule has 0 amide bonds. The average Bonchev–Trinajstić information content (AvgIpc) is 3.11. The van der Waals surface area contributed by atoms with Crippen molar-refractivity contribution >= 4 is 11.3 Å². The standard InChI is InChI=1S/C27H28F2N2/c1-17(2)23-25(19-11-7-6-8-12-19)31-16-10-14-21(20-13-9-15-22(28)24(20)29)26(31)27(23)30(5)18(3)4/h6-9,11-13,15,21H,1,3,10,14,16H2,2,4-5H3. The summed E-state index contributed by atoms with van der Waals surface area (Å²) >= 11 is 0. The van der Waals surface area contributed by atoms with Crippen molar-refractivity contribution in [1.82, 2.24) is 4.57 Å². The lowest BCUT2D eigenvalue weighted by molar-refractivity contribution is 0.457. The van der Waals surface area contributed by atoms with Gasteiger partial charge in [-0.3, -0.25) is 0 Å². The van der Waals surface area contributed by atoms with Crippen LogP contribution in [0.2, 0.25) is 0 Å². The quantitative estimate of drug-likeness (QED) is 0.420. The van der Waals surface area contributed by atoms with Crippen LogP contribution >= 0.6 is 0 Å². The van der Waals surface area contributed by atoms with Crippen molar-refractivity contribution in [2.75, 3.05) is 11.9 Å². The Morgan fingerprint density at radius 1 is 1.03 bits per heavy atom. The molecule has 0 N–H and O–H groups in total. The van der Waals surface area contributed by atoms with Crippen LogP contribution in [0.25, 0.3) is 16.8 Å². The summed E-state index contributed by atoms with van der Waals surface area (Å²) in [6.45, 7) is 13.2. The van der Waals surface area contributed by atoms with Gasteiger partial charge in [0.1, 0.15) is 0 Å². The predicted octanol–water partition coefficient (Wildman–Crippen LogP) is 7.36. The molecule has 31 heavy (non-hydrogen) atoms. The van der Waals surface area contributed by atoms with E-state index in [9.17, 15) is 8.78 Å². The maximum absolute atomic E-state index is 14.9. The molecule has 3 aromatic rings. The Hall–Kier alpha value is -3.14. The Labute approximate surface area is 183 Å². The molecule has 0 saturated carbocycles. The summed E-state index contributed by atoms with van der Waals surface area (Å²) in [5.74, 6) is -1.82. The molecule has 1 aliphatic rings. The molecule has 1 aromatic heterocycles. The smallest absolute Gasteiger partial charge is 0.162 e. The van der Waals surface area contributed by atoms with Crippen molar-refractivity contribution < 1.29 is 8.78 Å². The molecule has 2 aromatic carbocycles. The number of benzene rings is 2. The van der Waals surface area contributed by atoms with E-state index in [-0.39, 0.29) is 5.92 Å². The van der Waals surface area contributed by atoms with Gasteiger partial charge in [-0.15, -0.1) is 0 Å². The van der Waals surface area contributed by atoms with Crippen LogP contribution < -0.4 is 4.90 Å². The molecule has 1 unspecified atom stereocenters. The predicted molar refractivity (Wildman–Crippen MR) is 125 cm³/mol. The van der Waals surface area contributed by atoms with E-state index in [1.807, 2.05) is 39.1 Å². The highest BCUT2D eigenvalue weighted by Crippen LogP contribution is 2.49. The first-order valence-electron chi connectivity index (χ1n) is 10.6. The number of halogens is 2. The van der Waals surface area contributed by atoms with Crippen molar-refractivity contribution in [3.8, 4) is 11.3 Å². The monoisotopic (exact) mass is 418 g/mol. The van der Waals surface area contributed by atoms with Gasteiger partial charge in [0.2, 0.25) is 0 Å². The van der Waals surface area contributed by atoms with E-state index in [4.69, 9.17) is 0 Å². The van der Waals surface area contributed by atoms with Gasteiger partial charge in [0.05, 0.1) is 17.1 Å². The van der Waals surface area contributed by atoms with E-state index >= 15 is 0 Å². The SMILES string of the molecule is C=C(C)c1c(N(C)C(=C)C)c2n(c1-c1ccccc1)CCCC2c1cccc(F)c1F. The molecule has 1 atom stereocenters. The highest BCUT2D eigenvalue weighted by Gasteiger charge is 2.35. The first kappa shape index (κ1) is 21.1. The molecular weight excluding hydrogens is 390 g/mol. The molecule has 0 bridgehead atoms. The summed E-state index contributed by atoms with van der Waals surface area (Å²) in [6, 6.07) is 14.7. The van der Waals surface area contributed by atoms with Crippen molar-refractivity contribution in [3.05, 3.63) is 95.8 Å². The van der Waals surface area contributed by atoms with Crippen LogP contribution in [0.15, 0.2) is 67.4 Å². The molecule has 0 aliphatic carbocycles. The Balaban J connectivity index is 2.09. The van der Waals surface area contributed by atoms with E-state index in [2.05, 4.69) is 34.8 Å². The van der Waals surface area contributed by atoms with Gasteiger partial charge in [-0.25, -0.2) is 8.78 Å². The highest BCUT2D eigenvalue weighted by atomic mass is 19.2. The van der Waals surface area contributed by atoms with Crippen LogP contribution in [0.1, 0.15) is 49.4 Å². The third-order valence-electron chi connectivity index (χ3n) is 6.22. The molecule has 1 aliphatic heterocycles. The minimum Gasteiger partial charge on any atom is -0.347 e. The summed E-state index contributed by atoms with van der Waals surface area (Å²) in [5.41, 5.74) is 7.39. The van der Waals surface area contributed by atoms with Crippen LogP contribution in [0.5, 0.6) is 0 Å². The molecule has 0 fully saturated rings. The maximum atomic E-state index is 14.9. The molecule has 2 nitrogen and oxygen atoms in total. The summed E-state index contributed by atoms with van der Waals surface area (Å²) < 4.78 is 31.4. The fraction of sp³-hybridized carbons (Fsp3) is 0.259. The van der Waals surface area contributed by atoms with Gasteiger partial charge >= 0.3 is 0 Å². The number of nitrogens with zero attached hydrogens (tertiary/aromatic N) is 2. The molecule has 2 heterocycles. The normalized spacial score (nSPS) is 15.5. The zero-order valence-electron chi connectivity index (χ0n) is 18.4. The number of fused-ring (bicyclic) bond motifs is 1. The lowest BCUT2D eigenvalue weighted by atomic mass is 9.87. The molecule has 0 radical (unpaired) electrons. The molecule has 4 heteroatoms. The first-order chi connectivity index (χ1) is 14.8. The van der Waals surface area contributed by atoms with Crippen LogP contribution in [0, 0.1) is 11.6 Å². The van der Waals surface area contributed by atoms with Gasteiger partial charge in [-0.1, -0.05) is 55.6 Å². The molecule has 0 saturated heterocycles. The van der Waals surface area contributed by atoms with Gasteiger partial charge in [0, 0.05) is 30.8 Å². The fourth-order valence-corrected chi connectivity index (χ4v) is 4.72. The van der Waals surface area contributed by atoms with E-state index in [1.165, 1.54) is 6.07 Å². The summed E-state index contributed by atoms with van der Waals surface area (Å²) in [4.78, 5) is 2.05. The van der Waals surface area contributed by atoms with Crippen LogP contribution in [-0.2, 0) is 6.54 Å². The molecule has 160 valence electrons. The second-order valence-corrected chi connectivity index (χ2v) is 8.39. The molecule has 0 spiro atoms. The van der Waals surface area contributed by atoms with E-state index in [1.54, 1.807) is 12.1 Å². The maximum Gasteiger partial charge on any atom is 0.162 e. The topological polar surface area (TPSA) is 8.17 Å². The minimum atomic E-state index is -0.806. The number of hydrogen-bond donors (Lipinski definition) is 0. The Morgan fingerprint density at radius 2 is 1.74 bits per heavy atom. The lowest BCUT2D eigenvalue weighted by Gasteiger charge is -2.30. The van der Waals surface area contributed by atoms with Gasteiger partial charge in [0.15, 0.2) is 11.6 Å².